The Morgan fingerprint density at radius 2 is 2.10 bits per heavy atom. The summed E-state index contributed by atoms with van der Waals surface area (Å²) in [6.45, 7) is 5.70. The van der Waals surface area contributed by atoms with E-state index >= 15 is 0 Å². The third kappa shape index (κ3) is 2.58. The maximum absolute atomic E-state index is 12.0. The van der Waals surface area contributed by atoms with Gasteiger partial charge in [0.2, 0.25) is 6.79 Å². The molecule has 0 saturated carbocycles. The van der Waals surface area contributed by atoms with Crippen molar-refractivity contribution in [3.8, 4) is 11.5 Å². The molecule has 1 aromatic rings. The zero-order valence-electron chi connectivity index (χ0n) is 12.0. The number of carbonyl (C=O) groups is 1. The fourth-order valence-corrected chi connectivity index (χ4v) is 2.45. The zero-order valence-corrected chi connectivity index (χ0v) is 12.0. The lowest BCUT2D eigenvalue weighted by Gasteiger charge is -2.31. The fourth-order valence-electron chi connectivity index (χ4n) is 2.45. The number of aliphatic hydroxyl groups is 1. The summed E-state index contributed by atoms with van der Waals surface area (Å²) in [6.07, 6.45) is 0.486. The SMILES string of the molecule is CCOC(=O)C(CC)C(C)(O)c1ccc2c(c1)OCO2. The largest absolute Gasteiger partial charge is 0.466 e. The second-order valence-electron chi connectivity index (χ2n) is 4.93. The minimum Gasteiger partial charge on any atom is -0.466 e. The summed E-state index contributed by atoms with van der Waals surface area (Å²) in [5.41, 5.74) is -0.705. The Labute approximate surface area is 118 Å². The molecule has 1 aliphatic heterocycles. The number of hydrogen-bond donors (Lipinski definition) is 1. The lowest BCUT2D eigenvalue weighted by molar-refractivity contribution is -0.158. The first-order valence-corrected chi connectivity index (χ1v) is 6.79. The molecule has 0 aliphatic carbocycles. The normalized spacial score (nSPS) is 17.4. The van der Waals surface area contributed by atoms with Crippen LogP contribution in [0.4, 0.5) is 0 Å². The summed E-state index contributed by atoms with van der Waals surface area (Å²) in [7, 11) is 0. The Morgan fingerprint density at radius 3 is 2.75 bits per heavy atom. The van der Waals surface area contributed by atoms with Crippen LogP contribution in [0.1, 0.15) is 32.8 Å². The van der Waals surface area contributed by atoms with Crippen LogP contribution in [-0.4, -0.2) is 24.5 Å². The number of ether oxygens (including phenoxy) is 3. The highest BCUT2D eigenvalue weighted by atomic mass is 16.7. The van der Waals surface area contributed by atoms with Gasteiger partial charge in [0, 0.05) is 0 Å². The summed E-state index contributed by atoms with van der Waals surface area (Å²) in [5.74, 6) is 0.218. The molecule has 0 saturated heterocycles. The molecule has 0 amide bonds. The van der Waals surface area contributed by atoms with Gasteiger partial charge in [0.05, 0.1) is 12.5 Å². The predicted octanol–water partition coefficient (Wildman–Crippen LogP) is 2.21. The smallest absolute Gasteiger partial charge is 0.312 e. The van der Waals surface area contributed by atoms with Crippen LogP contribution in [0, 0.1) is 5.92 Å². The second kappa shape index (κ2) is 5.71. The van der Waals surface area contributed by atoms with E-state index in [0.29, 0.717) is 30.1 Å². The average Bonchev–Trinajstić information content (AvgIpc) is 2.86. The van der Waals surface area contributed by atoms with Gasteiger partial charge in [-0.3, -0.25) is 4.79 Å². The van der Waals surface area contributed by atoms with E-state index in [1.165, 1.54) is 0 Å². The molecule has 2 unspecified atom stereocenters. The van der Waals surface area contributed by atoms with E-state index in [0.717, 1.165) is 0 Å². The lowest BCUT2D eigenvalue weighted by atomic mass is 9.81. The van der Waals surface area contributed by atoms with Crippen molar-refractivity contribution >= 4 is 5.97 Å². The molecule has 1 heterocycles. The molecular weight excluding hydrogens is 260 g/mol. The van der Waals surface area contributed by atoms with Crippen molar-refractivity contribution in [3.63, 3.8) is 0 Å². The summed E-state index contributed by atoms with van der Waals surface area (Å²) in [4.78, 5) is 12.0. The van der Waals surface area contributed by atoms with Gasteiger partial charge >= 0.3 is 5.97 Å². The molecule has 20 heavy (non-hydrogen) atoms. The van der Waals surface area contributed by atoms with E-state index in [4.69, 9.17) is 14.2 Å². The van der Waals surface area contributed by atoms with Crippen molar-refractivity contribution in [2.45, 2.75) is 32.8 Å². The Hall–Kier alpha value is -1.75. The van der Waals surface area contributed by atoms with Gasteiger partial charge in [0.15, 0.2) is 11.5 Å². The topological polar surface area (TPSA) is 65.0 Å². The molecule has 0 aromatic heterocycles. The molecule has 0 bridgehead atoms. The first kappa shape index (κ1) is 14.7. The predicted molar refractivity (Wildman–Crippen MR) is 72.5 cm³/mol. The molecule has 5 nitrogen and oxygen atoms in total. The second-order valence-corrected chi connectivity index (χ2v) is 4.93. The van der Waals surface area contributed by atoms with Crippen molar-refractivity contribution < 1.29 is 24.1 Å². The van der Waals surface area contributed by atoms with Crippen LogP contribution < -0.4 is 9.47 Å². The van der Waals surface area contributed by atoms with Crippen molar-refractivity contribution in [1.29, 1.82) is 0 Å². The number of carbonyl (C=O) groups excluding carboxylic acids is 1. The van der Waals surface area contributed by atoms with E-state index in [2.05, 4.69) is 0 Å². The number of benzene rings is 1. The Kier molecular flexibility index (Phi) is 4.18. The molecule has 1 aliphatic rings. The van der Waals surface area contributed by atoms with Gasteiger partial charge in [-0.05, 0) is 38.0 Å². The average molecular weight is 280 g/mol. The highest BCUT2D eigenvalue weighted by Crippen LogP contribution is 2.39. The van der Waals surface area contributed by atoms with E-state index < -0.39 is 17.5 Å². The Morgan fingerprint density at radius 1 is 1.40 bits per heavy atom. The van der Waals surface area contributed by atoms with Gasteiger partial charge in [-0.1, -0.05) is 13.0 Å². The number of hydrogen-bond acceptors (Lipinski definition) is 5. The third-order valence-electron chi connectivity index (χ3n) is 3.61. The van der Waals surface area contributed by atoms with E-state index in [1.807, 2.05) is 6.92 Å². The van der Waals surface area contributed by atoms with Gasteiger partial charge in [-0.25, -0.2) is 0 Å². The van der Waals surface area contributed by atoms with Crippen LogP contribution in [0.5, 0.6) is 11.5 Å². The van der Waals surface area contributed by atoms with Crippen molar-refractivity contribution in [3.05, 3.63) is 23.8 Å². The van der Waals surface area contributed by atoms with E-state index in [-0.39, 0.29) is 6.79 Å². The minimum absolute atomic E-state index is 0.177. The molecule has 1 aromatic carbocycles. The van der Waals surface area contributed by atoms with Crippen LogP contribution in [0.3, 0.4) is 0 Å². The Balaban J connectivity index is 2.30. The minimum atomic E-state index is -1.32. The van der Waals surface area contributed by atoms with Crippen molar-refractivity contribution in [2.24, 2.45) is 5.92 Å². The summed E-state index contributed by atoms with van der Waals surface area (Å²) < 4.78 is 15.6. The highest BCUT2D eigenvalue weighted by Gasteiger charge is 2.39. The van der Waals surface area contributed by atoms with Gasteiger partial charge in [0.1, 0.15) is 5.60 Å². The quantitative estimate of drug-likeness (QED) is 0.838. The summed E-state index contributed by atoms with van der Waals surface area (Å²) in [5, 5.41) is 10.8. The molecule has 110 valence electrons. The van der Waals surface area contributed by atoms with Crippen LogP contribution in [0.25, 0.3) is 0 Å². The van der Waals surface area contributed by atoms with Crippen LogP contribution >= 0.6 is 0 Å². The molecule has 5 heteroatoms. The summed E-state index contributed by atoms with van der Waals surface area (Å²) >= 11 is 0. The van der Waals surface area contributed by atoms with Gasteiger partial charge in [-0.2, -0.15) is 0 Å². The van der Waals surface area contributed by atoms with Gasteiger partial charge in [-0.15, -0.1) is 0 Å². The molecule has 2 rings (SSSR count). The van der Waals surface area contributed by atoms with Crippen LogP contribution in [0.15, 0.2) is 18.2 Å². The van der Waals surface area contributed by atoms with Gasteiger partial charge in [0.25, 0.3) is 0 Å². The molecule has 0 fully saturated rings. The maximum atomic E-state index is 12.0. The highest BCUT2D eigenvalue weighted by molar-refractivity contribution is 5.74. The third-order valence-corrected chi connectivity index (χ3v) is 3.61. The molecular formula is C15H20O5. The van der Waals surface area contributed by atoms with Gasteiger partial charge < -0.3 is 19.3 Å². The number of esters is 1. The molecule has 0 spiro atoms. The first-order valence-electron chi connectivity index (χ1n) is 6.79. The Bertz CT molecular complexity index is 495. The standard InChI is InChI=1S/C15H20O5/c1-4-11(14(16)18-5-2)15(3,17)10-6-7-12-13(8-10)20-9-19-12/h6-8,11,17H,4-5,9H2,1-3H3. The molecule has 0 radical (unpaired) electrons. The monoisotopic (exact) mass is 280 g/mol. The maximum Gasteiger partial charge on any atom is 0.312 e. The van der Waals surface area contributed by atoms with E-state index in [1.54, 1.807) is 32.0 Å². The first-order chi connectivity index (χ1) is 9.50. The fraction of sp³-hybridized carbons (Fsp3) is 0.533. The van der Waals surface area contributed by atoms with Crippen LogP contribution in [0.2, 0.25) is 0 Å². The zero-order chi connectivity index (χ0) is 14.8. The number of rotatable bonds is 5. The molecule has 1 N–H and O–H groups in total. The lowest BCUT2D eigenvalue weighted by Crippen LogP contribution is -2.38. The molecule has 2 atom stereocenters. The number of fused-ring (bicyclic) bond motifs is 1. The van der Waals surface area contributed by atoms with Crippen molar-refractivity contribution in [1.82, 2.24) is 0 Å². The van der Waals surface area contributed by atoms with Crippen molar-refractivity contribution in [2.75, 3.05) is 13.4 Å². The summed E-state index contributed by atoms with van der Waals surface area (Å²) in [6, 6.07) is 5.20. The van der Waals surface area contributed by atoms with Crippen LogP contribution in [-0.2, 0) is 15.1 Å². The van der Waals surface area contributed by atoms with E-state index in [9.17, 15) is 9.90 Å².